The van der Waals surface area contributed by atoms with E-state index in [1.54, 1.807) is 6.07 Å². The van der Waals surface area contributed by atoms with Gasteiger partial charge in [-0.2, -0.15) is 0 Å². The molecule has 0 atom stereocenters. The SMILES string of the molecule is CCc1nnc(COc2ccc(C)cc2C=CC(=O)O)o1. The number of hydrogen-bond acceptors (Lipinski definition) is 5. The third-order valence-electron chi connectivity index (χ3n) is 2.73. The highest BCUT2D eigenvalue weighted by atomic mass is 16.5. The van der Waals surface area contributed by atoms with Crippen molar-refractivity contribution in [3.05, 3.63) is 47.2 Å². The van der Waals surface area contributed by atoms with Crippen molar-refractivity contribution < 1.29 is 19.1 Å². The van der Waals surface area contributed by atoms with Gasteiger partial charge in [-0.05, 0) is 25.1 Å². The highest BCUT2D eigenvalue weighted by Crippen LogP contribution is 2.22. The minimum absolute atomic E-state index is 0.143. The second-order valence-electron chi connectivity index (χ2n) is 4.44. The van der Waals surface area contributed by atoms with E-state index in [1.165, 1.54) is 6.08 Å². The summed E-state index contributed by atoms with van der Waals surface area (Å²) in [6, 6.07) is 5.52. The lowest BCUT2D eigenvalue weighted by Gasteiger charge is -2.08. The van der Waals surface area contributed by atoms with Gasteiger partial charge in [-0.15, -0.1) is 10.2 Å². The minimum Gasteiger partial charge on any atom is -0.483 e. The lowest BCUT2D eigenvalue weighted by molar-refractivity contribution is -0.131. The van der Waals surface area contributed by atoms with Crippen LogP contribution in [0, 0.1) is 6.92 Å². The van der Waals surface area contributed by atoms with Gasteiger partial charge in [0.05, 0.1) is 0 Å². The summed E-state index contributed by atoms with van der Waals surface area (Å²) in [5.74, 6) is 0.505. The lowest BCUT2D eigenvalue weighted by Crippen LogP contribution is -1.98. The number of carboxylic acid groups (broad SMARTS) is 1. The van der Waals surface area contributed by atoms with Gasteiger partial charge in [0.15, 0.2) is 6.61 Å². The van der Waals surface area contributed by atoms with Gasteiger partial charge in [-0.1, -0.05) is 18.6 Å². The van der Waals surface area contributed by atoms with Crippen molar-refractivity contribution in [1.29, 1.82) is 0 Å². The van der Waals surface area contributed by atoms with E-state index in [1.807, 2.05) is 26.0 Å². The van der Waals surface area contributed by atoms with Crippen LogP contribution in [0.2, 0.25) is 0 Å². The molecule has 110 valence electrons. The zero-order chi connectivity index (χ0) is 15.2. The first-order valence-electron chi connectivity index (χ1n) is 6.54. The number of rotatable bonds is 6. The monoisotopic (exact) mass is 288 g/mol. The van der Waals surface area contributed by atoms with Crippen LogP contribution in [-0.4, -0.2) is 21.3 Å². The molecular formula is C15H16N2O4. The largest absolute Gasteiger partial charge is 0.483 e. The predicted octanol–water partition coefficient (Wildman–Crippen LogP) is 2.62. The summed E-state index contributed by atoms with van der Waals surface area (Å²) in [4.78, 5) is 10.6. The number of benzene rings is 1. The number of aliphatic carboxylic acids is 1. The van der Waals surface area contributed by atoms with Crippen molar-refractivity contribution in [2.75, 3.05) is 0 Å². The first kappa shape index (κ1) is 14.8. The average molecular weight is 288 g/mol. The summed E-state index contributed by atoms with van der Waals surface area (Å²) < 4.78 is 11.0. The van der Waals surface area contributed by atoms with E-state index in [4.69, 9.17) is 14.3 Å². The molecule has 2 aromatic rings. The summed E-state index contributed by atoms with van der Waals surface area (Å²) in [5.41, 5.74) is 1.70. The highest BCUT2D eigenvalue weighted by Gasteiger charge is 2.07. The molecular weight excluding hydrogens is 272 g/mol. The number of carboxylic acids is 1. The third-order valence-corrected chi connectivity index (χ3v) is 2.73. The van der Waals surface area contributed by atoms with Crippen molar-refractivity contribution in [2.45, 2.75) is 26.9 Å². The molecule has 0 unspecified atom stereocenters. The van der Waals surface area contributed by atoms with Gasteiger partial charge in [0, 0.05) is 18.1 Å². The van der Waals surface area contributed by atoms with Crippen LogP contribution < -0.4 is 4.74 Å². The van der Waals surface area contributed by atoms with Gasteiger partial charge in [0.25, 0.3) is 5.89 Å². The zero-order valence-corrected chi connectivity index (χ0v) is 11.9. The van der Waals surface area contributed by atoms with Gasteiger partial charge in [-0.25, -0.2) is 4.79 Å². The standard InChI is InChI=1S/C15H16N2O4/c1-3-13-16-17-14(21-13)9-20-12-6-4-10(2)8-11(12)5-7-15(18)19/h4-8H,3,9H2,1-2H3,(H,18,19). The number of aryl methyl sites for hydroxylation is 2. The molecule has 6 heteroatoms. The van der Waals surface area contributed by atoms with Crippen LogP contribution in [0.25, 0.3) is 6.08 Å². The maximum atomic E-state index is 10.6. The number of hydrogen-bond donors (Lipinski definition) is 1. The van der Waals surface area contributed by atoms with Crippen molar-refractivity contribution in [3.8, 4) is 5.75 Å². The van der Waals surface area contributed by atoms with Gasteiger partial charge in [0.2, 0.25) is 5.89 Å². The van der Waals surface area contributed by atoms with Crippen LogP contribution >= 0.6 is 0 Å². The second-order valence-corrected chi connectivity index (χ2v) is 4.44. The Bertz CT molecular complexity index is 661. The Labute approximate surface area is 122 Å². The van der Waals surface area contributed by atoms with Crippen molar-refractivity contribution >= 4 is 12.0 Å². The molecule has 0 saturated heterocycles. The number of ether oxygens (including phenoxy) is 1. The molecule has 0 spiro atoms. The molecule has 6 nitrogen and oxygen atoms in total. The molecule has 21 heavy (non-hydrogen) atoms. The van der Waals surface area contributed by atoms with Gasteiger partial charge >= 0.3 is 5.97 Å². The van der Waals surface area contributed by atoms with Crippen LogP contribution in [0.4, 0.5) is 0 Å². The molecule has 1 heterocycles. The van der Waals surface area contributed by atoms with Crippen LogP contribution in [0.5, 0.6) is 5.75 Å². The van der Waals surface area contributed by atoms with E-state index in [2.05, 4.69) is 10.2 Å². The Balaban J connectivity index is 2.13. The first-order valence-corrected chi connectivity index (χ1v) is 6.54. The molecule has 0 aliphatic heterocycles. The summed E-state index contributed by atoms with van der Waals surface area (Å²) >= 11 is 0. The molecule has 0 aliphatic carbocycles. The Kier molecular flexibility index (Phi) is 4.71. The minimum atomic E-state index is -1.01. The maximum absolute atomic E-state index is 10.6. The van der Waals surface area contributed by atoms with E-state index in [0.29, 0.717) is 29.5 Å². The molecule has 0 radical (unpaired) electrons. The van der Waals surface area contributed by atoms with Crippen molar-refractivity contribution in [3.63, 3.8) is 0 Å². The Morgan fingerprint density at radius 2 is 2.14 bits per heavy atom. The smallest absolute Gasteiger partial charge is 0.328 e. The molecule has 0 amide bonds. The summed E-state index contributed by atoms with van der Waals surface area (Å²) in [7, 11) is 0. The summed E-state index contributed by atoms with van der Waals surface area (Å²) in [6.45, 7) is 3.99. The van der Waals surface area contributed by atoms with Crippen molar-refractivity contribution in [2.24, 2.45) is 0 Å². The Morgan fingerprint density at radius 3 is 2.81 bits per heavy atom. The van der Waals surface area contributed by atoms with E-state index in [0.717, 1.165) is 11.6 Å². The molecule has 2 rings (SSSR count). The topological polar surface area (TPSA) is 85.5 Å². The summed E-state index contributed by atoms with van der Waals surface area (Å²) in [6.07, 6.45) is 3.24. The van der Waals surface area contributed by atoms with Crippen LogP contribution in [0.1, 0.15) is 29.8 Å². The number of nitrogens with zero attached hydrogens (tertiary/aromatic N) is 2. The second kappa shape index (κ2) is 6.69. The number of aromatic nitrogens is 2. The third kappa shape index (κ3) is 4.17. The van der Waals surface area contributed by atoms with Crippen LogP contribution in [0.15, 0.2) is 28.7 Å². The molecule has 0 aliphatic rings. The first-order chi connectivity index (χ1) is 10.1. The van der Waals surface area contributed by atoms with E-state index in [-0.39, 0.29) is 6.61 Å². The van der Waals surface area contributed by atoms with E-state index < -0.39 is 5.97 Å². The maximum Gasteiger partial charge on any atom is 0.328 e. The van der Waals surface area contributed by atoms with Crippen molar-refractivity contribution in [1.82, 2.24) is 10.2 Å². The fraction of sp³-hybridized carbons (Fsp3) is 0.267. The van der Waals surface area contributed by atoms with E-state index >= 15 is 0 Å². The van der Waals surface area contributed by atoms with Gasteiger partial charge in [-0.3, -0.25) is 0 Å². The lowest BCUT2D eigenvalue weighted by atomic mass is 10.1. The predicted molar refractivity (Wildman–Crippen MR) is 75.9 cm³/mol. The quantitative estimate of drug-likeness (QED) is 0.822. The van der Waals surface area contributed by atoms with Crippen LogP contribution in [-0.2, 0) is 17.8 Å². The van der Waals surface area contributed by atoms with Crippen LogP contribution in [0.3, 0.4) is 0 Å². The molecule has 0 fully saturated rings. The Hall–Kier alpha value is -2.63. The average Bonchev–Trinajstić information content (AvgIpc) is 2.92. The normalized spacial score (nSPS) is 11.0. The molecule has 1 aromatic heterocycles. The molecule has 1 aromatic carbocycles. The Morgan fingerprint density at radius 1 is 1.38 bits per heavy atom. The number of carbonyl (C=O) groups is 1. The van der Waals surface area contributed by atoms with E-state index in [9.17, 15) is 4.79 Å². The fourth-order valence-electron chi connectivity index (χ4n) is 1.72. The molecule has 0 bridgehead atoms. The van der Waals surface area contributed by atoms with Gasteiger partial charge < -0.3 is 14.3 Å². The molecule has 0 saturated carbocycles. The fourth-order valence-corrected chi connectivity index (χ4v) is 1.72. The highest BCUT2D eigenvalue weighted by molar-refractivity contribution is 5.85. The molecule has 1 N–H and O–H groups in total. The zero-order valence-electron chi connectivity index (χ0n) is 11.9. The van der Waals surface area contributed by atoms with Gasteiger partial charge in [0.1, 0.15) is 5.75 Å². The summed E-state index contributed by atoms with van der Waals surface area (Å²) in [5, 5.41) is 16.4.